The zero-order valence-corrected chi connectivity index (χ0v) is 12.1. The van der Waals surface area contributed by atoms with Gasteiger partial charge in [-0.05, 0) is 31.7 Å². The Morgan fingerprint density at radius 3 is 3.05 bits per heavy atom. The Bertz CT molecular complexity index is 544. The van der Waals surface area contributed by atoms with Gasteiger partial charge in [0.05, 0.1) is 17.7 Å². The van der Waals surface area contributed by atoms with Gasteiger partial charge in [-0.25, -0.2) is 0 Å². The van der Waals surface area contributed by atoms with Crippen LogP contribution in [0.15, 0.2) is 18.5 Å². The van der Waals surface area contributed by atoms with Crippen molar-refractivity contribution >= 4 is 5.91 Å². The van der Waals surface area contributed by atoms with Gasteiger partial charge < -0.3 is 10.6 Å². The molecule has 2 atom stereocenters. The fourth-order valence-corrected chi connectivity index (χ4v) is 2.55. The first-order valence-corrected chi connectivity index (χ1v) is 7.07. The van der Waals surface area contributed by atoms with Crippen LogP contribution in [-0.4, -0.2) is 34.9 Å². The second kappa shape index (κ2) is 6.53. The molecule has 2 rings (SSSR count). The number of hydrogen-bond donors (Lipinski definition) is 1. The van der Waals surface area contributed by atoms with Crippen molar-refractivity contribution in [3.63, 3.8) is 0 Å². The molecular weight excluding hydrogens is 250 g/mol. The van der Waals surface area contributed by atoms with E-state index in [1.165, 1.54) is 6.42 Å². The molecule has 1 aromatic heterocycles. The van der Waals surface area contributed by atoms with E-state index in [0.29, 0.717) is 17.0 Å². The SMILES string of the molecule is CC1CCC(C)N(C(=O)c2ccncc2C#CCN)C1. The maximum Gasteiger partial charge on any atom is 0.255 e. The summed E-state index contributed by atoms with van der Waals surface area (Å²) in [5.74, 6) is 6.32. The Kier molecular flexibility index (Phi) is 4.75. The lowest BCUT2D eigenvalue weighted by Gasteiger charge is -2.37. The molecule has 4 nitrogen and oxygen atoms in total. The molecule has 20 heavy (non-hydrogen) atoms. The van der Waals surface area contributed by atoms with Crippen LogP contribution in [0.5, 0.6) is 0 Å². The summed E-state index contributed by atoms with van der Waals surface area (Å²) in [7, 11) is 0. The van der Waals surface area contributed by atoms with Crippen LogP contribution >= 0.6 is 0 Å². The maximum absolute atomic E-state index is 12.7. The minimum Gasteiger partial charge on any atom is -0.336 e. The van der Waals surface area contributed by atoms with Crippen LogP contribution < -0.4 is 5.73 Å². The van der Waals surface area contributed by atoms with E-state index in [2.05, 4.69) is 30.7 Å². The van der Waals surface area contributed by atoms with Crippen molar-refractivity contribution in [3.8, 4) is 11.8 Å². The van der Waals surface area contributed by atoms with Gasteiger partial charge in [0, 0.05) is 25.0 Å². The highest BCUT2D eigenvalue weighted by atomic mass is 16.2. The van der Waals surface area contributed by atoms with Crippen LogP contribution in [0.3, 0.4) is 0 Å². The number of piperidine rings is 1. The number of carbonyl (C=O) groups is 1. The van der Waals surface area contributed by atoms with E-state index in [-0.39, 0.29) is 18.5 Å². The van der Waals surface area contributed by atoms with Gasteiger partial charge in [0.25, 0.3) is 5.91 Å². The van der Waals surface area contributed by atoms with Gasteiger partial charge in [0.1, 0.15) is 0 Å². The van der Waals surface area contributed by atoms with E-state index in [4.69, 9.17) is 5.73 Å². The summed E-state index contributed by atoms with van der Waals surface area (Å²) in [4.78, 5) is 18.7. The normalized spacial score (nSPS) is 22.1. The highest BCUT2D eigenvalue weighted by Gasteiger charge is 2.28. The Morgan fingerprint density at radius 1 is 1.50 bits per heavy atom. The Morgan fingerprint density at radius 2 is 2.30 bits per heavy atom. The number of rotatable bonds is 1. The molecule has 1 aliphatic heterocycles. The molecule has 4 heteroatoms. The molecule has 2 N–H and O–H groups in total. The predicted molar refractivity (Wildman–Crippen MR) is 79.1 cm³/mol. The molecular formula is C16H21N3O. The molecule has 1 saturated heterocycles. The average Bonchev–Trinajstić information content (AvgIpc) is 2.47. The molecule has 106 valence electrons. The van der Waals surface area contributed by atoms with Crippen LogP contribution in [-0.2, 0) is 0 Å². The van der Waals surface area contributed by atoms with Crippen molar-refractivity contribution in [2.75, 3.05) is 13.1 Å². The van der Waals surface area contributed by atoms with Crippen LogP contribution in [0.25, 0.3) is 0 Å². The van der Waals surface area contributed by atoms with Crippen LogP contribution in [0.4, 0.5) is 0 Å². The van der Waals surface area contributed by atoms with Crippen molar-refractivity contribution in [2.24, 2.45) is 11.7 Å². The molecule has 0 bridgehead atoms. The minimum absolute atomic E-state index is 0.0489. The molecule has 1 aromatic rings. The first-order valence-electron chi connectivity index (χ1n) is 7.07. The number of nitrogens with zero attached hydrogens (tertiary/aromatic N) is 2. The van der Waals surface area contributed by atoms with Gasteiger partial charge in [-0.15, -0.1) is 0 Å². The lowest BCUT2D eigenvalue weighted by atomic mass is 9.94. The predicted octanol–water partition coefficient (Wildman–Crippen LogP) is 1.65. The zero-order chi connectivity index (χ0) is 14.5. The van der Waals surface area contributed by atoms with Crippen molar-refractivity contribution < 1.29 is 4.79 Å². The molecule has 0 saturated carbocycles. The molecule has 0 radical (unpaired) electrons. The summed E-state index contributed by atoms with van der Waals surface area (Å²) in [6, 6.07) is 2.02. The zero-order valence-electron chi connectivity index (χ0n) is 12.1. The minimum atomic E-state index is 0.0489. The van der Waals surface area contributed by atoms with Crippen LogP contribution in [0.1, 0.15) is 42.6 Å². The highest BCUT2D eigenvalue weighted by molar-refractivity contribution is 5.96. The molecule has 0 aliphatic carbocycles. The first-order chi connectivity index (χ1) is 9.63. The van der Waals surface area contributed by atoms with E-state index < -0.39 is 0 Å². The Hall–Kier alpha value is -1.86. The molecule has 2 unspecified atom stereocenters. The van der Waals surface area contributed by atoms with Gasteiger partial charge >= 0.3 is 0 Å². The third-order valence-electron chi connectivity index (χ3n) is 3.76. The second-order valence-corrected chi connectivity index (χ2v) is 5.42. The van der Waals surface area contributed by atoms with Gasteiger partial charge in [0.15, 0.2) is 0 Å². The molecule has 0 spiro atoms. The van der Waals surface area contributed by atoms with Gasteiger partial charge in [-0.3, -0.25) is 9.78 Å². The molecule has 1 amide bonds. The van der Waals surface area contributed by atoms with Crippen molar-refractivity contribution in [1.82, 2.24) is 9.88 Å². The van der Waals surface area contributed by atoms with Gasteiger partial charge in [-0.1, -0.05) is 18.8 Å². The highest BCUT2D eigenvalue weighted by Crippen LogP contribution is 2.23. The smallest absolute Gasteiger partial charge is 0.255 e. The number of aromatic nitrogens is 1. The standard InChI is InChI=1S/C16H21N3O/c1-12-5-6-13(2)19(11-12)16(20)15-7-9-18-10-14(15)4-3-8-17/h7,9-10,12-13H,5-6,8,11,17H2,1-2H3. The maximum atomic E-state index is 12.7. The average molecular weight is 271 g/mol. The third-order valence-corrected chi connectivity index (χ3v) is 3.76. The van der Waals surface area contributed by atoms with E-state index in [1.807, 2.05) is 4.90 Å². The lowest BCUT2D eigenvalue weighted by Crippen LogP contribution is -2.45. The summed E-state index contributed by atoms with van der Waals surface area (Å²) >= 11 is 0. The fourth-order valence-electron chi connectivity index (χ4n) is 2.55. The lowest BCUT2D eigenvalue weighted by molar-refractivity contribution is 0.0573. The number of likely N-dealkylation sites (tertiary alicyclic amines) is 1. The topological polar surface area (TPSA) is 59.2 Å². The Labute approximate surface area is 120 Å². The second-order valence-electron chi connectivity index (χ2n) is 5.42. The number of pyridine rings is 1. The molecule has 0 aromatic carbocycles. The molecule has 1 fully saturated rings. The largest absolute Gasteiger partial charge is 0.336 e. The van der Waals surface area contributed by atoms with Crippen molar-refractivity contribution in [3.05, 3.63) is 29.6 Å². The first kappa shape index (κ1) is 14.5. The number of nitrogens with two attached hydrogens (primary N) is 1. The summed E-state index contributed by atoms with van der Waals surface area (Å²) < 4.78 is 0. The van der Waals surface area contributed by atoms with E-state index in [9.17, 15) is 4.79 Å². The Balaban J connectivity index is 2.28. The monoisotopic (exact) mass is 271 g/mol. The van der Waals surface area contributed by atoms with Crippen LogP contribution in [0.2, 0.25) is 0 Å². The van der Waals surface area contributed by atoms with Crippen molar-refractivity contribution in [1.29, 1.82) is 0 Å². The third kappa shape index (κ3) is 3.17. The molecule has 2 heterocycles. The number of carbonyl (C=O) groups excluding carboxylic acids is 1. The number of amides is 1. The van der Waals surface area contributed by atoms with E-state index in [0.717, 1.165) is 13.0 Å². The van der Waals surface area contributed by atoms with Crippen LogP contribution in [0, 0.1) is 17.8 Å². The van der Waals surface area contributed by atoms with Gasteiger partial charge in [0.2, 0.25) is 0 Å². The summed E-state index contributed by atoms with van der Waals surface area (Å²) in [6.07, 6.45) is 5.51. The quantitative estimate of drug-likeness (QED) is 0.790. The van der Waals surface area contributed by atoms with E-state index >= 15 is 0 Å². The van der Waals surface area contributed by atoms with Gasteiger partial charge in [-0.2, -0.15) is 0 Å². The van der Waals surface area contributed by atoms with Crippen molar-refractivity contribution in [2.45, 2.75) is 32.7 Å². The molecule has 1 aliphatic rings. The number of hydrogen-bond acceptors (Lipinski definition) is 3. The fraction of sp³-hybridized carbons (Fsp3) is 0.500. The summed E-state index contributed by atoms with van der Waals surface area (Å²) in [5, 5.41) is 0. The van der Waals surface area contributed by atoms with E-state index in [1.54, 1.807) is 18.5 Å². The summed E-state index contributed by atoms with van der Waals surface area (Å²) in [5.41, 5.74) is 6.68. The summed E-state index contributed by atoms with van der Waals surface area (Å²) in [6.45, 7) is 5.38.